The summed E-state index contributed by atoms with van der Waals surface area (Å²) in [6.07, 6.45) is 10.2. The van der Waals surface area contributed by atoms with E-state index in [1.54, 1.807) is 0 Å². The quantitative estimate of drug-likeness (QED) is 0.803. The topological polar surface area (TPSA) is 55.1 Å². The maximum atomic E-state index is 12.4. The zero-order chi connectivity index (χ0) is 13.9. The zero-order valence-corrected chi connectivity index (χ0v) is 12.6. The fourth-order valence-electron chi connectivity index (χ4n) is 3.85. The van der Waals surface area contributed by atoms with Gasteiger partial charge in [-0.3, -0.25) is 4.79 Å². The third kappa shape index (κ3) is 3.50. The van der Waals surface area contributed by atoms with Crippen LogP contribution in [0.15, 0.2) is 0 Å². The van der Waals surface area contributed by atoms with E-state index in [4.69, 9.17) is 5.73 Å². The van der Waals surface area contributed by atoms with Gasteiger partial charge >= 0.3 is 0 Å². The molecule has 2 rings (SSSR count). The highest BCUT2D eigenvalue weighted by Gasteiger charge is 2.40. The first-order valence-corrected chi connectivity index (χ1v) is 8.03. The van der Waals surface area contributed by atoms with Crippen LogP contribution in [-0.4, -0.2) is 18.0 Å². The lowest BCUT2D eigenvalue weighted by atomic mass is 9.64. The van der Waals surface area contributed by atoms with Crippen molar-refractivity contribution in [2.45, 2.75) is 77.2 Å². The van der Waals surface area contributed by atoms with E-state index in [1.807, 2.05) is 0 Å². The molecule has 0 heterocycles. The normalized spacial score (nSPS) is 24.8. The molecule has 0 saturated heterocycles. The highest BCUT2D eigenvalue weighted by atomic mass is 16.2. The first-order chi connectivity index (χ1) is 8.96. The second-order valence-corrected chi connectivity index (χ2v) is 7.35. The monoisotopic (exact) mass is 266 g/mol. The summed E-state index contributed by atoms with van der Waals surface area (Å²) >= 11 is 0. The first-order valence-electron chi connectivity index (χ1n) is 8.03. The Bertz CT molecular complexity index is 315. The molecule has 3 N–H and O–H groups in total. The molecule has 2 saturated carbocycles. The molecule has 3 heteroatoms. The number of nitrogens with two attached hydrogens (primary N) is 1. The Morgan fingerprint density at radius 2 is 1.74 bits per heavy atom. The summed E-state index contributed by atoms with van der Waals surface area (Å²) in [7, 11) is 0. The average molecular weight is 266 g/mol. The van der Waals surface area contributed by atoms with Gasteiger partial charge in [0.25, 0.3) is 0 Å². The predicted octanol–water partition coefficient (Wildman–Crippen LogP) is 2.98. The molecule has 0 bridgehead atoms. The lowest BCUT2D eigenvalue weighted by Crippen LogP contribution is -2.57. The van der Waals surface area contributed by atoms with Gasteiger partial charge in [0.2, 0.25) is 5.91 Å². The number of hydrogen-bond donors (Lipinski definition) is 2. The van der Waals surface area contributed by atoms with Crippen molar-refractivity contribution in [1.29, 1.82) is 0 Å². The molecule has 1 amide bonds. The lowest BCUT2D eigenvalue weighted by molar-refractivity contribution is -0.128. The Hall–Kier alpha value is -0.570. The summed E-state index contributed by atoms with van der Waals surface area (Å²) < 4.78 is 0. The van der Waals surface area contributed by atoms with E-state index < -0.39 is 5.54 Å². The van der Waals surface area contributed by atoms with E-state index in [9.17, 15) is 4.79 Å². The molecule has 3 nitrogen and oxygen atoms in total. The van der Waals surface area contributed by atoms with Crippen LogP contribution in [0.5, 0.6) is 0 Å². The van der Waals surface area contributed by atoms with E-state index in [2.05, 4.69) is 19.2 Å². The number of rotatable bonds is 5. The molecule has 0 radical (unpaired) electrons. The van der Waals surface area contributed by atoms with Crippen molar-refractivity contribution >= 4 is 5.91 Å². The van der Waals surface area contributed by atoms with Crippen molar-refractivity contribution in [3.05, 3.63) is 0 Å². The van der Waals surface area contributed by atoms with Gasteiger partial charge in [0.05, 0.1) is 5.54 Å². The molecule has 0 aliphatic heterocycles. The van der Waals surface area contributed by atoms with Gasteiger partial charge in [-0.05, 0) is 43.4 Å². The Morgan fingerprint density at radius 3 is 2.21 bits per heavy atom. The van der Waals surface area contributed by atoms with Crippen molar-refractivity contribution in [3.8, 4) is 0 Å². The van der Waals surface area contributed by atoms with Gasteiger partial charge in [-0.15, -0.1) is 0 Å². The van der Waals surface area contributed by atoms with Crippen LogP contribution in [0.2, 0.25) is 0 Å². The van der Waals surface area contributed by atoms with Crippen molar-refractivity contribution in [2.75, 3.05) is 6.54 Å². The molecule has 0 atom stereocenters. The van der Waals surface area contributed by atoms with Crippen LogP contribution in [0.3, 0.4) is 0 Å². The van der Waals surface area contributed by atoms with Gasteiger partial charge in [0, 0.05) is 6.54 Å². The number of carbonyl (C=O) groups excluding carboxylic acids is 1. The van der Waals surface area contributed by atoms with Crippen molar-refractivity contribution < 1.29 is 4.79 Å². The molecule has 2 aliphatic rings. The minimum Gasteiger partial charge on any atom is -0.354 e. The van der Waals surface area contributed by atoms with E-state index in [-0.39, 0.29) is 5.91 Å². The van der Waals surface area contributed by atoms with Crippen molar-refractivity contribution in [2.24, 2.45) is 17.1 Å². The fraction of sp³-hybridized carbons (Fsp3) is 0.938. The van der Waals surface area contributed by atoms with Gasteiger partial charge < -0.3 is 11.1 Å². The third-order valence-electron chi connectivity index (χ3n) is 5.08. The first kappa shape index (κ1) is 14.8. The minimum atomic E-state index is -0.582. The number of carbonyl (C=O) groups is 1. The summed E-state index contributed by atoms with van der Waals surface area (Å²) in [5, 5.41) is 3.18. The number of hydrogen-bond acceptors (Lipinski definition) is 2. The summed E-state index contributed by atoms with van der Waals surface area (Å²) in [6, 6.07) is 0. The Labute approximate surface area is 117 Å². The SMILES string of the molecule is CC(C)CC1(CNC(=O)C2(N)CCCCC2)CCC1. The van der Waals surface area contributed by atoms with Gasteiger partial charge in [-0.1, -0.05) is 39.5 Å². The predicted molar refractivity (Wildman–Crippen MR) is 78.8 cm³/mol. The summed E-state index contributed by atoms with van der Waals surface area (Å²) in [5.74, 6) is 0.806. The Morgan fingerprint density at radius 1 is 1.11 bits per heavy atom. The van der Waals surface area contributed by atoms with Crippen LogP contribution in [0.1, 0.15) is 71.6 Å². The number of amides is 1. The van der Waals surface area contributed by atoms with Crippen LogP contribution in [-0.2, 0) is 4.79 Å². The average Bonchev–Trinajstić information content (AvgIpc) is 2.32. The molecule has 19 heavy (non-hydrogen) atoms. The van der Waals surface area contributed by atoms with Crippen LogP contribution in [0, 0.1) is 11.3 Å². The largest absolute Gasteiger partial charge is 0.354 e. The molecule has 0 aromatic rings. The van der Waals surface area contributed by atoms with Crippen LogP contribution in [0.25, 0.3) is 0 Å². The zero-order valence-electron chi connectivity index (χ0n) is 12.6. The van der Waals surface area contributed by atoms with E-state index in [0.29, 0.717) is 11.3 Å². The summed E-state index contributed by atoms with van der Waals surface area (Å²) in [5.41, 5.74) is 6.07. The van der Waals surface area contributed by atoms with Gasteiger partial charge in [0.1, 0.15) is 0 Å². The molecule has 110 valence electrons. The second kappa shape index (κ2) is 5.82. The van der Waals surface area contributed by atoms with E-state index in [0.717, 1.165) is 32.2 Å². The van der Waals surface area contributed by atoms with Crippen LogP contribution >= 0.6 is 0 Å². The number of nitrogens with one attached hydrogen (secondary N) is 1. The van der Waals surface area contributed by atoms with E-state index in [1.165, 1.54) is 32.1 Å². The molecule has 0 aromatic heterocycles. The maximum absolute atomic E-state index is 12.4. The highest BCUT2D eigenvalue weighted by Crippen LogP contribution is 2.45. The highest BCUT2D eigenvalue weighted by molar-refractivity contribution is 5.86. The van der Waals surface area contributed by atoms with Gasteiger partial charge in [-0.25, -0.2) is 0 Å². The molecular weight excluding hydrogens is 236 g/mol. The molecule has 0 unspecified atom stereocenters. The van der Waals surface area contributed by atoms with Gasteiger partial charge in [-0.2, -0.15) is 0 Å². The van der Waals surface area contributed by atoms with Gasteiger partial charge in [0.15, 0.2) is 0 Å². The van der Waals surface area contributed by atoms with Crippen molar-refractivity contribution in [3.63, 3.8) is 0 Å². The molecule has 0 aromatic carbocycles. The minimum absolute atomic E-state index is 0.0993. The molecule has 2 aliphatic carbocycles. The van der Waals surface area contributed by atoms with E-state index >= 15 is 0 Å². The molecule has 2 fully saturated rings. The second-order valence-electron chi connectivity index (χ2n) is 7.35. The molecular formula is C16H30N2O. The Kier molecular flexibility index (Phi) is 4.54. The maximum Gasteiger partial charge on any atom is 0.240 e. The van der Waals surface area contributed by atoms with Crippen molar-refractivity contribution in [1.82, 2.24) is 5.32 Å². The third-order valence-corrected chi connectivity index (χ3v) is 5.08. The van der Waals surface area contributed by atoms with Crippen LogP contribution in [0.4, 0.5) is 0 Å². The lowest BCUT2D eigenvalue weighted by Gasteiger charge is -2.44. The smallest absolute Gasteiger partial charge is 0.240 e. The fourth-order valence-corrected chi connectivity index (χ4v) is 3.85. The summed E-state index contributed by atoms with van der Waals surface area (Å²) in [6.45, 7) is 5.38. The molecule has 0 spiro atoms. The summed E-state index contributed by atoms with van der Waals surface area (Å²) in [4.78, 5) is 12.4. The van der Waals surface area contributed by atoms with Crippen LogP contribution < -0.4 is 11.1 Å². The Balaban J connectivity index is 1.85. The standard InChI is InChI=1S/C16H30N2O/c1-13(2)11-15(7-6-8-15)12-18-14(19)16(17)9-4-3-5-10-16/h13H,3-12,17H2,1-2H3,(H,18,19).